The second kappa shape index (κ2) is 10.3. The Kier molecular flexibility index (Phi) is 6.92. The highest BCUT2D eigenvalue weighted by atomic mass is 16.5. The van der Waals surface area contributed by atoms with Crippen molar-refractivity contribution in [2.75, 3.05) is 31.9 Å². The van der Waals surface area contributed by atoms with Crippen LogP contribution in [-0.4, -0.2) is 64.6 Å². The summed E-state index contributed by atoms with van der Waals surface area (Å²) in [6, 6.07) is 5.50. The smallest absolute Gasteiger partial charge is 0.274 e. The van der Waals surface area contributed by atoms with Crippen LogP contribution in [0.1, 0.15) is 55.1 Å². The molecule has 192 valence electrons. The summed E-state index contributed by atoms with van der Waals surface area (Å²) >= 11 is 0. The van der Waals surface area contributed by atoms with Gasteiger partial charge < -0.3 is 30.0 Å². The number of methoxy groups -OCH3 is 2. The molecule has 2 saturated carbocycles. The Bertz CT molecular complexity index is 1290. The van der Waals surface area contributed by atoms with E-state index in [4.69, 9.17) is 9.47 Å². The molecular formula is C25H33N7O4. The number of amides is 1. The number of anilines is 3. The summed E-state index contributed by atoms with van der Waals surface area (Å²) in [6.07, 6.45) is 9.10. The van der Waals surface area contributed by atoms with Crippen LogP contribution in [0.25, 0.3) is 5.65 Å². The monoisotopic (exact) mass is 495 g/mol. The molecule has 11 heteroatoms. The molecule has 5 rings (SSSR count). The normalized spacial score (nSPS) is 23.8. The number of fused-ring (bicyclic) bond motifs is 1. The average molecular weight is 496 g/mol. The van der Waals surface area contributed by atoms with Crippen LogP contribution in [0, 0.1) is 0 Å². The maximum Gasteiger partial charge on any atom is 0.274 e. The van der Waals surface area contributed by atoms with Crippen molar-refractivity contribution in [3.05, 3.63) is 46.6 Å². The van der Waals surface area contributed by atoms with Gasteiger partial charge in [0, 0.05) is 39.6 Å². The summed E-state index contributed by atoms with van der Waals surface area (Å²) in [5, 5.41) is 13.9. The molecule has 0 aromatic carbocycles. The number of hydrogen-bond acceptors (Lipinski definition) is 8. The van der Waals surface area contributed by atoms with Crippen LogP contribution in [0.2, 0.25) is 0 Å². The third-order valence-corrected chi connectivity index (χ3v) is 7.41. The maximum atomic E-state index is 13.3. The van der Waals surface area contributed by atoms with Gasteiger partial charge in [-0.25, -0.2) is 9.50 Å². The fraction of sp³-hybridized carbons (Fsp3) is 0.520. The fourth-order valence-corrected chi connectivity index (χ4v) is 5.12. The van der Waals surface area contributed by atoms with E-state index in [-0.39, 0.29) is 35.8 Å². The summed E-state index contributed by atoms with van der Waals surface area (Å²) in [6.45, 7) is 0. The number of imidazole rings is 1. The number of carbonyl (C=O) groups excluding carboxylic acids is 1. The van der Waals surface area contributed by atoms with E-state index in [1.54, 1.807) is 38.0 Å². The standard InChI is InChI=1S/C25H33N7O4/c1-26-19-13-22(28-18-5-4-12-31(25(18)34)15-6-8-16(35-2)9-7-15)30-32-20(14-27-23(19)32)24(33)29-17-10-11-21(17)36-3/h4-5,12-17,21,26H,6-11H2,1-3H3,(H,28,30)(H,29,33)/t15?,16?,17?,21-/m0/s1. The van der Waals surface area contributed by atoms with Gasteiger partial charge in [0.05, 0.1) is 30.1 Å². The first-order chi connectivity index (χ1) is 17.5. The lowest BCUT2D eigenvalue weighted by atomic mass is 9.89. The van der Waals surface area contributed by atoms with Gasteiger partial charge in [0.2, 0.25) is 0 Å². The lowest BCUT2D eigenvalue weighted by molar-refractivity contribution is 0.00718. The highest BCUT2D eigenvalue weighted by molar-refractivity contribution is 5.94. The van der Waals surface area contributed by atoms with Crippen molar-refractivity contribution < 1.29 is 14.3 Å². The number of pyridine rings is 1. The number of aromatic nitrogens is 4. The van der Waals surface area contributed by atoms with E-state index in [0.29, 0.717) is 28.5 Å². The predicted molar refractivity (Wildman–Crippen MR) is 136 cm³/mol. The minimum Gasteiger partial charge on any atom is -0.385 e. The fourth-order valence-electron chi connectivity index (χ4n) is 5.12. The number of hydrogen-bond donors (Lipinski definition) is 3. The van der Waals surface area contributed by atoms with Gasteiger partial charge in [0.15, 0.2) is 17.2 Å². The molecule has 0 spiro atoms. The Morgan fingerprint density at radius 1 is 1.08 bits per heavy atom. The van der Waals surface area contributed by atoms with Crippen LogP contribution in [-0.2, 0) is 9.47 Å². The molecule has 0 bridgehead atoms. The van der Waals surface area contributed by atoms with Crippen molar-refractivity contribution >= 4 is 28.7 Å². The summed E-state index contributed by atoms with van der Waals surface area (Å²) in [5.74, 6) is 0.157. The van der Waals surface area contributed by atoms with E-state index in [0.717, 1.165) is 38.5 Å². The van der Waals surface area contributed by atoms with Crippen LogP contribution in [0.3, 0.4) is 0 Å². The van der Waals surface area contributed by atoms with Gasteiger partial charge in [-0.05, 0) is 50.7 Å². The van der Waals surface area contributed by atoms with E-state index in [1.165, 1.54) is 10.7 Å². The number of carbonyl (C=O) groups is 1. The molecule has 1 amide bonds. The number of nitrogens with one attached hydrogen (secondary N) is 3. The highest BCUT2D eigenvalue weighted by Gasteiger charge is 2.33. The van der Waals surface area contributed by atoms with Crippen LogP contribution < -0.4 is 21.5 Å². The predicted octanol–water partition coefficient (Wildman–Crippen LogP) is 2.71. The molecule has 3 aromatic heterocycles. The first kappa shape index (κ1) is 24.3. The third kappa shape index (κ3) is 4.56. The molecule has 11 nitrogen and oxygen atoms in total. The summed E-state index contributed by atoms with van der Waals surface area (Å²) in [4.78, 5) is 30.7. The molecule has 2 aliphatic carbocycles. The van der Waals surface area contributed by atoms with Crippen molar-refractivity contribution in [1.29, 1.82) is 0 Å². The van der Waals surface area contributed by atoms with Crippen molar-refractivity contribution in [1.82, 2.24) is 24.5 Å². The van der Waals surface area contributed by atoms with E-state index in [9.17, 15) is 9.59 Å². The lowest BCUT2D eigenvalue weighted by Gasteiger charge is -2.35. The first-order valence-electron chi connectivity index (χ1n) is 12.4. The zero-order valence-electron chi connectivity index (χ0n) is 20.9. The van der Waals surface area contributed by atoms with Crippen LogP contribution in [0.15, 0.2) is 35.4 Å². The molecule has 2 atom stereocenters. The molecular weight excluding hydrogens is 462 g/mol. The van der Waals surface area contributed by atoms with Crippen molar-refractivity contribution in [2.45, 2.75) is 62.8 Å². The molecule has 0 radical (unpaired) electrons. The zero-order valence-corrected chi connectivity index (χ0v) is 20.9. The quantitative estimate of drug-likeness (QED) is 0.436. The van der Waals surface area contributed by atoms with Crippen molar-refractivity contribution in [3.63, 3.8) is 0 Å². The van der Waals surface area contributed by atoms with Crippen LogP contribution in [0.5, 0.6) is 0 Å². The third-order valence-electron chi connectivity index (χ3n) is 7.41. The van der Waals surface area contributed by atoms with Gasteiger partial charge in [0.1, 0.15) is 5.69 Å². The Labute approximate surface area is 209 Å². The van der Waals surface area contributed by atoms with Gasteiger partial charge in [-0.1, -0.05) is 0 Å². The van der Waals surface area contributed by atoms with Gasteiger partial charge in [-0.2, -0.15) is 0 Å². The number of ether oxygens (including phenoxy) is 2. The summed E-state index contributed by atoms with van der Waals surface area (Å²) < 4.78 is 14.2. The Morgan fingerprint density at radius 3 is 2.56 bits per heavy atom. The molecule has 0 saturated heterocycles. The second-order valence-electron chi connectivity index (χ2n) is 9.43. The minimum atomic E-state index is -0.269. The summed E-state index contributed by atoms with van der Waals surface area (Å²) in [5.41, 5.74) is 1.83. The van der Waals surface area contributed by atoms with E-state index < -0.39 is 0 Å². The van der Waals surface area contributed by atoms with Gasteiger partial charge in [-0.3, -0.25) is 9.59 Å². The topological polar surface area (TPSA) is 124 Å². The van der Waals surface area contributed by atoms with Crippen LogP contribution in [0.4, 0.5) is 17.2 Å². The highest BCUT2D eigenvalue weighted by Crippen LogP contribution is 2.29. The molecule has 0 aliphatic heterocycles. The molecule has 2 fully saturated rings. The Morgan fingerprint density at radius 2 is 1.89 bits per heavy atom. The molecule has 3 N–H and O–H groups in total. The molecule has 3 heterocycles. The van der Waals surface area contributed by atoms with Crippen molar-refractivity contribution in [3.8, 4) is 0 Å². The van der Waals surface area contributed by atoms with E-state index in [2.05, 4.69) is 26.0 Å². The summed E-state index contributed by atoms with van der Waals surface area (Å²) in [7, 11) is 5.17. The molecule has 3 aromatic rings. The molecule has 36 heavy (non-hydrogen) atoms. The average Bonchev–Trinajstić information content (AvgIpc) is 3.32. The number of rotatable bonds is 8. The zero-order chi connectivity index (χ0) is 25.2. The molecule has 2 aliphatic rings. The maximum absolute atomic E-state index is 13.3. The van der Waals surface area contributed by atoms with Gasteiger partial charge in [0.25, 0.3) is 11.5 Å². The van der Waals surface area contributed by atoms with Crippen molar-refractivity contribution in [2.24, 2.45) is 0 Å². The first-order valence-corrected chi connectivity index (χ1v) is 12.4. The van der Waals surface area contributed by atoms with Crippen LogP contribution >= 0.6 is 0 Å². The molecule has 1 unspecified atom stereocenters. The van der Waals surface area contributed by atoms with E-state index >= 15 is 0 Å². The van der Waals surface area contributed by atoms with Gasteiger partial charge in [-0.15, -0.1) is 5.10 Å². The Balaban J connectivity index is 1.41. The largest absolute Gasteiger partial charge is 0.385 e. The lowest BCUT2D eigenvalue weighted by Crippen LogP contribution is -2.51. The second-order valence-corrected chi connectivity index (χ2v) is 9.43. The number of nitrogens with zero attached hydrogens (tertiary/aromatic N) is 4. The van der Waals surface area contributed by atoms with Gasteiger partial charge >= 0.3 is 0 Å². The SMILES string of the molecule is CNc1cc(Nc2cccn(C3CCC(OC)CC3)c2=O)nn2c(C(=O)NC3CC[C@@H]3OC)cnc12. The van der Waals surface area contributed by atoms with E-state index in [1.807, 2.05) is 12.3 Å². The minimum absolute atomic E-state index is 0.0241. The Hall–Kier alpha value is -3.44.